The zero-order valence-corrected chi connectivity index (χ0v) is 23.1. The number of carbonyl (C=O) groups excluding carboxylic acids is 2. The normalized spacial score (nSPS) is 12.8. The van der Waals surface area contributed by atoms with Crippen LogP contribution in [0.4, 0.5) is 5.69 Å². The van der Waals surface area contributed by atoms with E-state index in [0.717, 1.165) is 0 Å². The first kappa shape index (κ1) is 29.5. The fourth-order valence-corrected chi connectivity index (χ4v) is 3.15. The molecule has 0 aliphatic carbocycles. The van der Waals surface area contributed by atoms with Crippen molar-refractivity contribution in [1.82, 2.24) is 0 Å². The highest BCUT2D eigenvalue weighted by molar-refractivity contribution is 5.99. The molecule has 0 aliphatic heterocycles. The molecule has 2 aromatic carbocycles. The monoisotopic (exact) mass is 514 g/mol. The van der Waals surface area contributed by atoms with Crippen molar-refractivity contribution in [3.8, 4) is 11.5 Å². The second kappa shape index (κ2) is 12.5. The molecule has 0 heterocycles. The molecule has 0 saturated carbocycles. The van der Waals surface area contributed by atoms with Crippen LogP contribution in [0.2, 0.25) is 0 Å². The van der Waals surface area contributed by atoms with E-state index in [0.29, 0.717) is 34.0 Å². The third kappa shape index (κ3) is 8.70. The zero-order valence-electron chi connectivity index (χ0n) is 23.1. The summed E-state index contributed by atoms with van der Waals surface area (Å²) >= 11 is 0. The average molecular weight is 515 g/mol. The van der Waals surface area contributed by atoms with Crippen LogP contribution in [0, 0.1) is 0 Å². The predicted octanol–water partition coefficient (Wildman–Crippen LogP) is 5.28. The number of anilines is 1. The molecule has 202 valence electrons. The maximum atomic E-state index is 12.8. The lowest BCUT2D eigenvalue weighted by atomic mass is 10.0. The quantitative estimate of drug-likeness (QED) is 0.245. The number of oxime groups is 1. The third-order valence-electron chi connectivity index (χ3n) is 5.14. The molecule has 0 bridgehead atoms. The van der Waals surface area contributed by atoms with Gasteiger partial charge < -0.3 is 29.1 Å². The van der Waals surface area contributed by atoms with E-state index < -0.39 is 29.2 Å². The Morgan fingerprint density at radius 3 is 2.11 bits per heavy atom. The lowest BCUT2D eigenvalue weighted by molar-refractivity contribution is -0.179. The van der Waals surface area contributed by atoms with Crippen LogP contribution in [0.25, 0.3) is 0 Å². The number of esters is 2. The molecule has 0 aromatic heterocycles. The summed E-state index contributed by atoms with van der Waals surface area (Å²) in [6.07, 6.45) is 0. The van der Waals surface area contributed by atoms with Gasteiger partial charge in [-0.3, -0.25) is 0 Å². The number of methoxy groups -OCH3 is 2. The number of nitrogens with zero attached hydrogens (tertiary/aromatic N) is 1. The number of rotatable bonds is 11. The molecule has 1 atom stereocenters. The minimum Gasteiger partial charge on any atom is -0.497 e. The van der Waals surface area contributed by atoms with Gasteiger partial charge in [-0.2, -0.15) is 0 Å². The largest absolute Gasteiger partial charge is 0.497 e. The Balaban J connectivity index is 2.35. The zero-order chi connectivity index (χ0) is 27.8. The minimum absolute atomic E-state index is 0.243. The van der Waals surface area contributed by atoms with Crippen LogP contribution in [0.3, 0.4) is 0 Å². The molecule has 0 radical (unpaired) electrons. The molecule has 0 saturated heterocycles. The van der Waals surface area contributed by atoms with E-state index in [2.05, 4.69) is 10.5 Å². The molecule has 1 N–H and O–H groups in total. The van der Waals surface area contributed by atoms with Crippen molar-refractivity contribution in [2.45, 2.75) is 65.7 Å². The summed E-state index contributed by atoms with van der Waals surface area (Å²) < 4.78 is 21.4. The number of ether oxygens (including phenoxy) is 4. The van der Waals surface area contributed by atoms with Crippen LogP contribution in [0.5, 0.6) is 11.5 Å². The van der Waals surface area contributed by atoms with Crippen molar-refractivity contribution in [2.24, 2.45) is 5.16 Å². The first-order valence-electron chi connectivity index (χ1n) is 12.0. The Hall–Kier alpha value is -3.75. The number of hydrogen-bond donors (Lipinski definition) is 1. The molecule has 9 nitrogen and oxygen atoms in total. The predicted molar refractivity (Wildman–Crippen MR) is 142 cm³/mol. The fourth-order valence-electron chi connectivity index (χ4n) is 3.15. The summed E-state index contributed by atoms with van der Waals surface area (Å²) in [5.74, 6) is 0.264. The third-order valence-corrected chi connectivity index (χ3v) is 5.14. The second-order valence-electron chi connectivity index (χ2n) is 9.83. The van der Waals surface area contributed by atoms with Crippen molar-refractivity contribution in [3.05, 3.63) is 53.6 Å². The van der Waals surface area contributed by atoms with E-state index in [1.165, 1.54) is 0 Å². The highest BCUT2D eigenvalue weighted by atomic mass is 16.7. The van der Waals surface area contributed by atoms with Gasteiger partial charge in [0.1, 0.15) is 17.1 Å². The van der Waals surface area contributed by atoms with Gasteiger partial charge in [-0.05, 0) is 78.3 Å². The summed E-state index contributed by atoms with van der Waals surface area (Å²) in [6.45, 7) is 12.3. The maximum Gasteiger partial charge on any atom is 0.353 e. The summed E-state index contributed by atoms with van der Waals surface area (Å²) in [4.78, 5) is 30.9. The van der Waals surface area contributed by atoms with Gasteiger partial charge in [0.05, 0.1) is 26.5 Å². The highest BCUT2D eigenvalue weighted by Crippen LogP contribution is 2.28. The van der Waals surface area contributed by atoms with Gasteiger partial charge in [0.15, 0.2) is 6.04 Å². The van der Waals surface area contributed by atoms with Crippen LogP contribution < -0.4 is 14.8 Å². The van der Waals surface area contributed by atoms with Crippen LogP contribution in [-0.2, 0) is 23.9 Å². The van der Waals surface area contributed by atoms with Crippen LogP contribution in [-0.4, -0.2) is 49.7 Å². The van der Waals surface area contributed by atoms with Gasteiger partial charge in [-0.25, -0.2) is 9.59 Å². The van der Waals surface area contributed by atoms with Gasteiger partial charge in [-0.15, -0.1) is 0 Å². The van der Waals surface area contributed by atoms with E-state index in [4.69, 9.17) is 23.8 Å². The minimum atomic E-state index is -1.29. The molecular formula is C28H38N2O7. The second-order valence-corrected chi connectivity index (χ2v) is 9.83. The maximum absolute atomic E-state index is 12.8. The van der Waals surface area contributed by atoms with Crippen LogP contribution >= 0.6 is 0 Å². The van der Waals surface area contributed by atoms with E-state index in [1.54, 1.807) is 105 Å². The molecule has 37 heavy (non-hydrogen) atoms. The molecule has 0 fully saturated rings. The first-order chi connectivity index (χ1) is 17.3. The standard InChI is InChI=1S/C28H38N2O7/c1-10-35-25(31)24(19-11-13-22(33-8)14-12-19)29-21-15-20(16-23(17-21)34-9)18(2)30-37-28(6,7)26(32)36-27(3,4)5/h11-17,24,29H,10H2,1-9H3/b30-18+. The number of carbonyl (C=O) groups is 2. The van der Waals surface area contributed by atoms with Gasteiger partial charge in [0, 0.05) is 17.3 Å². The molecule has 0 amide bonds. The van der Waals surface area contributed by atoms with Gasteiger partial charge in [-0.1, -0.05) is 17.3 Å². The SMILES string of the molecule is CCOC(=O)C(Nc1cc(OC)cc(/C(C)=N/OC(C)(C)C(=O)OC(C)(C)C)c1)c1ccc(OC)cc1. The fraction of sp³-hybridized carbons (Fsp3) is 0.464. The Morgan fingerprint density at radius 2 is 1.57 bits per heavy atom. The van der Waals surface area contributed by atoms with E-state index in [-0.39, 0.29) is 6.61 Å². The smallest absolute Gasteiger partial charge is 0.353 e. The molecule has 0 aliphatic rings. The Labute approximate surface area is 219 Å². The summed E-state index contributed by atoms with van der Waals surface area (Å²) in [7, 11) is 3.12. The molecule has 9 heteroatoms. The topological polar surface area (TPSA) is 105 Å². The number of benzene rings is 2. The van der Waals surface area contributed by atoms with Crippen molar-refractivity contribution in [3.63, 3.8) is 0 Å². The van der Waals surface area contributed by atoms with E-state index >= 15 is 0 Å². The summed E-state index contributed by atoms with van der Waals surface area (Å²) in [6, 6.07) is 11.7. The Kier molecular flexibility index (Phi) is 9.94. The number of nitrogens with one attached hydrogen (secondary N) is 1. The van der Waals surface area contributed by atoms with E-state index in [9.17, 15) is 9.59 Å². The lowest BCUT2D eigenvalue weighted by Crippen LogP contribution is -2.40. The van der Waals surface area contributed by atoms with Gasteiger partial charge in [0.2, 0.25) is 5.60 Å². The average Bonchev–Trinajstić information content (AvgIpc) is 2.84. The van der Waals surface area contributed by atoms with Crippen molar-refractivity contribution >= 4 is 23.3 Å². The van der Waals surface area contributed by atoms with Gasteiger partial charge >= 0.3 is 11.9 Å². The molecule has 0 spiro atoms. The van der Waals surface area contributed by atoms with E-state index in [1.807, 2.05) is 0 Å². The molecule has 2 rings (SSSR count). The Morgan fingerprint density at radius 1 is 0.946 bits per heavy atom. The van der Waals surface area contributed by atoms with Crippen LogP contribution in [0.15, 0.2) is 47.6 Å². The summed E-state index contributed by atoms with van der Waals surface area (Å²) in [5, 5.41) is 7.42. The van der Waals surface area contributed by atoms with Crippen molar-refractivity contribution in [1.29, 1.82) is 0 Å². The first-order valence-corrected chi connectivity index (χ1v) is 12.0. The van der Waals surface area contributed by atoms with Crippen molar-refractivity contribution < 1.29 is 33.4 Å². The lowest BCUT2D eigenvalue weighted by Gasteiger charge is -2.26. The molecule has 1 unspecified atom stereocenters. The summed E-state index contributed by atoms with van der Waals surface area (Å²) in [5.41, 5.74) is 0.525. The molecule has 2 aromatic rings. The molecular weight excluding hydrogens is 476 g/mol. The van der Waals surface area contributed by atoms with Crippen molar-refractivity contribution in [2.75, 3.05) is 26.1 Å². The van der Waals surface area contributed by atoms with Gasteiger partial charge in [0.25, 0.3) is 0 Å². The highest BCUT2D eigenvalue weighted by Gasteiger charge is 2.35. The number of hydrogen-bond acceptors (Lipinski definition) is 9. The Bertz CT molecular complexity index is 1100. The van der Waals surface area contributed by atoms with Crippen LogP contribution in [0.1, 0.15) is 65.6 Å².